The van der Waals surface area contributed by atoms with Crippen LogP contribution in [0.5, 0.6) is 0 Å². The SMILES string of the molecule is CSC1CCCC1n1ccnc1SCC(=O)O. The summed E-state index contributed by atoms with van der Waals surface area (Å²) in [6.07, 6.45) is 9.54. The van der Waals surface area contributed by atoms with Crippen LogP contribution in [0.3, 0.4) is 0 Å². The summed E-state index contributed by atoms with van der Waals surface area (Å²) in [5, 5.41) is 10.2. The minimum absolute atomic E-state index is 0.0771. The molecule has 94 valence electrons. The number of hydrogen-bond donors (Lipinski definition) is 1. The highest BCUT2D eigenvalue weighted by Gasteiger charge is 2.29. The molecular formula is C11H16N2O2S2. The number of carboxylic acid groups (broad SMARTS) is 1. The maximum atomic E-state index is 10.6. The monoisotopic (exact) mass is 272 g/mol. The Labute approximate surface area is 109 Å². The van der Waals surface area contributed by atoms with Gasteiger partial charge in [0.15, 0.2) is 5.16 Å². The molecule has 0 amide bonds. The lowest BCUT2D eigenvalue weighted by Gasteiger charge is -2.20. The first kappa shape index (κ1) is 12.8. The first-order valence-electron chi connectivity index (χ1n) is 5.62. The van der Waals surface area contributed by atoms with Gasteiger partial charge in [-0.1, -0.05) is 18.2 Å². The highest BCUT2D eigenvalue weighted by Crippen LogP contribution is 2.39. The summed E-state index contributed by atoms with van der Waals surface area (Å²) >= 11 is 3.20. The van der Waals surface area contributed by atoms with Crippen LogP contribution >= 0.6 is 23.5 Å². The summed E-state index contributed by atoms with van der Waals surface area (Å²) < 4.78 is 2.15. The second-order valence-electron chi connectivity index (χ2n) is 4.07. The average Bonchev–Trinajstić information content (AvgIpc) is 2.93. The molecule has 1 fully saturated rings. The lowest BCUT2D eigenvalue weighted by atomic mass is 10.2. The Morgan fingerprint density at radius 2 is 2.47 bits per heavy atom. The zero-order valence-electron chi connectivity index (χ0n) is 9.70. The molecule has 1 N–H and O–H groups in total. The van der Waals surface area contributed by atoms with E-state index in [2.05, 4.69) is 15.8 Å². The fourth-order valence-electron chi connectivity index (χ4n) is 2.29. The number of thioether (sulfide) groups is 2. The zero-order valence-corrected chi connectivity index (χ0v) is 11.3. The van der Waals surface area contributed by atoms with E-state index in [9.17, 15) is 4.79 Å². The zero-order chi connectivity index (χ0) is 12.3. The van der Waals surface area contributed by atoms with Crippen molar-refractivity contribution in [2.75, 3.05) is 12.0 Å². The van der Waals surface area contributed by atoms with Gasteiger partial charge in [-0.15, -0.1) is 0 Å². The largest absolute Gasteiger partial charge is 0.481 e. The smallest absolute Gasteiger partial charge is 0.313 e. The lowest BCUT2D eigenvalue weighted by molar-refractivity contribution is -0.133. The van der Waals surface area contributed by atoms with Crippen molar-refractivity contribution in [3.8, 4) is 0 Å². The van der Waals surface area contributed by atoms with Crippen molar-refractivity contribution in [2.45, 2.75) is 35.7 Å². The number of aliphatic carboxylic acids is 1. The average molecular weight is 272 g/mol. The maximum absolute atomic E-state index is 10.6. The van der Waals surface area contributed by atoms with Crippen molar-refractivity contribution < 1.29 is 9.90 Å². The van der Waals surface area contributed by atoms with Crippen LogP contribution in [0.1, 0.15) is 25.3 Å². The molecule has 2 rings (SSSR count). The van der Waals surface area contributed by atoms with Gasteiger partial charge in [0.25, 0.3) is 0 Å². The van der Waals surface area contributed by atoms with Crippen LogP contribution in [0, 0.1) is 0 Å². The number of hydrogen-bond acceptors (Lipinski definition) is 4. The minimum Gasteiger partial charge on any atom is -0.481 e. The summed E-state index contributed by atoms with van der Waals surface area (Å²) in [6, 6.07) is 0.476. The second-order valence-corrected chi connectivity index (χ2v) is 6.09. The highest BCUT2D eigenvalue weighted by atomic mass is 32.2. The third-order valence-corrected chi connectivity index (χ3v) is 5.16. The van der Waals surface area contributed by atoms with E-state index in [4.69, 9.17) is 5.11 Å². The van der Waals surface area contributed by atoms with Crippen molar-refractivity contribution in [2.24, 2.45) is 0 Å². The Bertz CT molecular complexity index is 395. The predicted octanol–water partition coefficient (Wildman–Crippen LogP) is 2.52. The van der Waals surface area contributed by atoms with Crippen LogP contribution in [0.2, 0.25) is 0 Å². The van der Waals surface area contributed by atoms with Gasteiger partial charge in [-0.25, -0.2) is 4.98 Å². The topological polar surface area (TPSA) is 55.1 Å². The van der Waals surface area contributed by atoms with Gasteiger partial charge in [-0.3, -0.25) is 4.79 Å². The molecule has 17 heavy (non-hydrogen) atoms. The molecule has 0 radical (unpaired) electrons. The molecule has 1 aromatic heterocycles. The third kappa shape index (κ3) is 2.98. The predicted molar refractivity (Wildman–Crippen MR) is 70.8 cm³/mol. The van der Waals surface area contributed by atoms with Gasteiger partial charge in [0, 0.05) is 23.7 Å². The van der Waals surface area contributed by atoms with Gasteiger partial charge in [-0.2, -0.15) is 11.8 Å². The summed E-state index contributed by atoms with van der Waals surface area (Å²) in [4.78, 5) is 14.8. The molecule has 1 aliphatic carbocycles. The van der Waals surface area contributed by atoms with Crippen LogP contribution in [0.15, 0.2) is 17.6 Å². The molecule has 2 unspecified atom stereocenters. The van der Waals surface area contributed by atoms with Gasteiger partial charge in [0.2, 0.25) is 0 Å². The van der Waals surface area contributed by atoms with Gasteiger partial charge in [0.05, 0.1) is 5.75 Å². The van der Waals surface area contributed by atoms with Crippen molar-refractivity contribution in [1.82, 2.24) is 9.55 Å². The van der Waals surface area contributed by atoms with Crippen molar-refractivity contribution in [1.29, 1.82) is 0 Å². The van der Waals surface area contributed by atoms with Crippen LogP contribution in [0.4, 0.5) is 0 Å². The van der Waals surface area contributed by atoms with Gasteiger partial charge >= 0.3 is 5.97 Å². The molecular weight excluding hydrogens is 256 g/mol. The second kappa shape index (κ2) is 5.82. The molecule has 0 aromatic carbocycles. The van der Waals surface area contributed by atoms with Crippen LogP contribution < -0.4 is 0 Å². The van der Waals surface area contributed by atoms with E-state index in [1.165, 1.54) is 31.0 Å². The number of imidazole rings is 1. The first-order valence-corrected chi connectivity index (χ1v) is 7.90. The quantitative estimate of drug-likeness (QED) is 0.835. The first-order chi connectivity index (χ1) is 8.22. The Morgan fingerprint density at radius 3 is 3.18 bits per heavy atom. The fraction of sp³-hybridized carbons (Fsp3) is 0.636. The van der Waals surface area contributed by atoms with E-state index in [0.29, 0.717) is 11.3 Å². The fourth-order valence-corrected chi connectivity index (χ4v) is 4.01. The molecule has 1 aliphatic rings. The van der Waals surface area contributed by atoms with Crippen molar-refractivity contribution in [3.63, 3.8) is 0 Å². The summed E-state index contributed by atoms with van der Waals surface area (Å²) in [5.74, 6) is -0.717. The van der Waals surface area contributed by atoms with E-state index >= 15 is 0 Å². The normalized spacial score (nSPS) is 24.1. The molecule has 4 nitrogen and oxygen atoms in total. The van der Waals surface area contributed by atoms with E-state index in [-0.39, 0.29) is 5.75 Å². The van der Waals surface area contributed by atoms with Gasteiger partial charge in [-0.05, 0) is 19.1 Å². The maximum Gasteiger partial charge on any atom is 0.313 e. The van der Waals surface area contributed by atoms with Gasteiger partial charge < -0.3 is 9.67 Å². The molecule has 6 heteroatoms. The summed E-state index contributed by atoms with van der Waals surface area (Å²) in [6.45, 7) is 0. The molecule has 1 saturated carbocycles. The number of rotatable bonds is 5. The van der Waals surface area contributed by atoms with Crippen LogP contribution in [0.25, 0.3) is 0 Å². The van der Waals surface area contributed by atoms with Gasteiger partial charge in [0.1, 0.15) is 0 Å². The Morgan fingerprint density at radius 1 is 1.65 bits per heavy atom. The minimum atomic E-state index is -0.794. The van der Waals surface area contributed by atoms with Crippen molar-refractivity contribution in [3.05, 3.63) is 12.4 Å². The molecule has 0 saturated heterocycles. The number of carbonyl (C=O) groups is 1. The van der Waals surface area contributed by atoms with Crippen molar-refractivity contribution >= 4 is 29.5 Å². The standard InChI is InChI=1S/C11H16N2O2S2/c1-16-9-4-2-3-8(9)13-6-5-12-11(13)17-7-10(14)15/h5-6,8-9H,2-4,7H2,1H3,(H,14,15). The molecule has 1 heterocycles. The Hall–Kier alpha value is -0.620. The van der Waals surface area contributed by atoms with E-state index < -0.39 is 5.97 Å². The van der Waals surface area contributed by atoms with E-state index in [1.54, 1.807) is 6.20 Å². The molecule has 1 aromatic rings. The molecule has 0 bridgehead atoms. The summed E-state index contributed by atoms with van der Waals surface area (Å²) in [7, 11) is 0. The van der Waals surface area contributed by atoms with Crippen LogP contribution in [-0.4, -0.2) is 37.9 Å². The molecule has 0 spiro atoms. The summed E-state index contributed by atoms with van der Waals surface area (Å²) in [5.41, 5.74) is 0. The Kier molecular flexibility index (Phi) is 4.39. The number of aromatic nitrogens is 2. The van der Waals surface area contributed by atoms with Crippen LogP contribution in [-0.2, 0) is 4.79 Å². The highest BCUT2D eigenvalue weighted by molar-refractivity contribution is 7.99. The number of nitrogens with zero attached hydrogens (tertiary/aromatic N) is 2. The van der Waals surface area contributed by atoms with E-state index in [0.717, 1.165) is 5.16 Å². The third-order valence-electron chi connectivity index (χ3n) is 3.04. The lowest BCUT2D eigenvalue weighted by Crippen LogP contribution is -2.16. The van der Waals surface area contributed by atoms with E-state index in [1.807, 2.05) is 18.0 Å². The molecule has 2 atom stereocenters. The Balaban J connectivity index is 2.09. The molecule has 0 aliphatic heterocycles. The number of carboxylic acids is 1.